The lowest BCUT2D eigenvalue weighted by Gasteiger charge is -2.09. The van der Waals surface area contributed by atoms with E-state index >= 15 is 0 Å². The molecule has 0 aliphatic rings. The minimum Gasteiger partial charge on any atom is -0.367 e. The molecule has 0 spiro atoms. The van der Waals surface area contributed by atoms with E-state index in [0.717, 1.165) is 6.20 Å². The predicted octanol–water partition coefficient (Wildman–Crippen LogP) is 1.60. The first-order valence-electron chi connectivity index (χ1n) is 5.20. The highest BCUT2D eigenvalue weighted by molar-refractivity contribution is 6.28. The van der Waals surface area contributed by atoms with Crippen molar-refractivity contribution >= 4 is 23.3 Å². The second-order valence-electron chi connectivity index (χ2n) is 3.73. The van der Waals surface area contributed by atoms with Crippen LogP contribution >= 0.6 is 11.6 Å². The van der Waals surface area contributed by atoms with Gasteiger partial charge in [0.05, 0.1) is 6.20 Å². The molecule has 1 aromatic heterocycles. The Labute approximate surface area is 104 Å². The van der Waals surface area contributed by atoms with Crippen molar-refractivity contribution in [1.29, 1.82) is 0 Å². The number of hydrogen-bond acceptors (Lipinski definition) is 4. The Morgan fingerprint density at radius 3 is 2.94 bits per heavy atom. The molecule has 0 aliphatic heterocycles. The van der Waals surface area contributed by atoms with Gasteiger partial charge in [0, 0.05) is 19.0 Å². The summed E-state index contributed by atoms with van der Waals surface area (Å²) < 4.78 is 13.2. The highest BCUT2D eigenvalue weighted by Gasteiger charge is 2.07. The Morgan fingerprint density at radius 1 is 1.59 bits per heavy atom. The summed E-state index contributed by atoms with van der Waals surface area (Å²) in [4.78, 5) is 18.4. The SMILES string of the molecule is CC(C)NC(=O)CCNc1nc(Cl)ncc1F. The van der Waals surface area contributed by atoms with E-state index in [1.807, 2.05) is 13.8 Å². The number of hydrogen-bond donors (Lipinski definition) is 2. The molecule has 17 heavy (non-hydrogen) atoms. The third-order valence-corrected chi connectivity index (χ3v) is 1.99. The number of rotatable bonds is 5. The van der Waals surface area contributed by atoms with E-state index in [0.29, 0.717) is 0 Å². The first-order chi connectivity index (χ1) is 7.99. The molecule has 0 unspecified atom stereocenters. The number of carbonyl (C=O) groups excluding carboxylic acids is 1. The van der Waals surface area contributed by atoms with Crippen molar-refractivity contribution in [2.75, 3.05) is 11.9 Å². The van der Waals surface area contributed by atoms with Crippen LogP contribution in [0.15, 0.2) is 6.20 Å². The Morgan fingerprint density at radius 2 is 2.29 bits per heavy atom. The van der Waals surface area contributed by atoms with Gasteiger partial charge in [-0.2, -0.15) is 4.98 Å². The van der Waals surface area contributed by atoms with Gasteiger partial charge in [0.15, 0.2) is 11.6 Å². The zero-order valence-electron chi connectivity index (χ0n) is 9.63. The number of nitrogens with one attached hydrogen (secondary N) is 2. The molecule has 0 saturated heterocycles. The van der Waals surface area contributed by atoms with Crippen LogP contribution < -0.4 is 10.6 Å². The first kappa shape index (κ1) is 13.6. The van der Waals surface area contributed by atoms with Gasteiger partial charge in [0.1, 0.15) is 0 Å². The fourth-order valence-electron chi connectivity index (χ4n) is 1.16. The topological polar surface area (TPSA) is 66.9 Å². The molecule has 1 heterocycles. The standard InChI is InChI=1S/C10H14ClFN4O/c1-6(2)15-8(17)3-4-13-9-7(12)5-14-10(11)16-9/h5-6H,3-4H2,1-2H3,(H,15,17)(H,13,14,16). The summed E-state index contributed by atoms with van der Waals surface area (Å²) in [5.74, 6) is -0.700. The maximum absolute atomic E-state index is 13.2. The van der Waals surface area contributed by atoms with E-state index in [9.17, 15) is 9.18 Å². The molecule has 0 fully saturated rings. The van der Waals surface area contributed by atoms with E-state index in [2.05, 4.69) is 20.6 Å². The molecule has 1 aromatic rings. The summed E-state index contributed by atoms with van der Waals surface area (Å²) in [7, 11) is 0. The van der Waals surface area contributed by atoms with Crippen molar-refractivity contribution < 1.29 is 9.18 Å². The van der Waals surface area contributed by atoms with Gasteiger partial charge in [-0.1, -0.05) is 0 Å². The van der Waals surface area contributed by atoms with E-state index in [1.165, 1.54) is 0 Å². The predicted molar refractivity (Wildman–Crippen MR) is 63.4 cm³/mol. The average Bonchev–Trinajstić information content (AvgIpc) is 2.22. The van der Waals surface area contributed by atoms with E-state index in [1.54, 1.807) is 0 Å². The lowest BCUT2D eigenvalue weighted by molar-refractivity contribution is -0.121. The van der Waals surface area contributed by atoms with Gasteiger partial charge in [-0.25, -0.2) is 9.37 Å². The lowest BCUT2D eigenvalue weighted by atomic mass is 10.3. The molecule has 5 nitrogen and oxygen atoms in total. The minimum absolute atomic E-state index is 0.00217. The van der Waals surface area contributed by atoms with Crippen LogP contribution in [0.3, 0.4) is 0 Å². The Balaban J connectivity index is 2.40. The zero-order chi connectivity index (χ0) is 12.8. The number of carbonyl (C=O) groups is 1. The molecule has 1 rings (SSSR count). The van der Waals surface area contributed by atoms with Crippen LogP contribution in [0.4, 0.5) is 10.2 Å². The summed E-state index contributed by atoms with van der Waals surface area (Å²) >= 11 is 5.52. The van der Waals surface area contributed by atoms with Gasteiger partial charge in [-0.05, 0) is 25.4 Å². The smallest absolute Gasteiger partial charge is 0.224 e. The summed E-state index contributed by atoms with van der Waals surface area (Å²) in [6, 6.07) is 0.0905. The average molecular weight is 261 g/mol. The monoisotopic (exact) mass is 260 g/mol. The van der Waals surface area contributed by atoms with Crippen LogP contribution in [0.25, 0.3) is 0 Å². The molecule has 0 saturated carbocycles. The quantitative estimate of drug-likeness (QED) is 0.789. The fourth-order valence-corrected chi connectivity index (χ4v) is 1.29. The second kappa shape index (κ2) is 6.34. The second-order valence-corrected chi connectivity index (χ2v) is 4.07. The molecule has 2 N–H and O–H groups in total. The molecule has 0 bridgehead atoms. The lowest BCUT2D eigenvalue weighted by Crippen LogP contribution is -2.31. The van der Waals surface area contributed by atoms with Gasteiger partial charge >= 0.3 is 0 Å². The molecule has 0 atom stereocenters. The molecular formula is C10H14ClFN4O. The number of amides is 1. The van der Waals surface area contributed by atoms with Crippen molar-refractivity contribution in [2.24, 2.45) is 0 Å². The Bertz CT molecular complexity index is 400. The first-order valence-corrected chi connectivity index (χ1v) is 5.58. The summed E-state index contributed by atoms with van der Waals surface area (Å²) in [6.07, 6.45) is 1.21. The normalized spacial score (nSPS) is 10.4. The highest BCUT2D eigenvalue weighted by atomic mass is 35.5. The molecule has 7 heteroatoms. The molecular weight excluding hydrogens is 247 g/mol. The number of halogens is 2. The van der Waals surface area contributed by atoms with Crippen molar-refractivity contribution in [3.05, 3.63) is 17.3 Å². The van der Waals surface area contributed by atoms with Crippen LogP contribution in [0, 0.1) is 5.82 Å². The molecule has 0 aromatic carbocycles. The van der Waals surface area contributed by atoms with E-state index < -0.39 is 5.82 Å². The number of anilines is 1. The minimum atomic E-state index is -0.598. The van der Waals surface area contributed by atoms with Crippen molar-refractivity contribution in [3.8, 4) is 0 Å². The highest BCUT2D eigenvalue weighted by Crippen LogP contribution is 2.11. The van der Waals surface area contributed by atoms with Gasteiger partial charge in [0.2, 0.25) is 11.2 Å². The van der Waals surface area contributed by atoms with Crippen molar-refractivity contribution in [2.45, 2.75) is 26.3 Å². The van der Waals surface area contributed by atoms with Crippen LogP contribution in [-0.4, -0.2) is 28.5 Å². The Kier molecular flexibility index (Phi) is 5.09. The van der Waals surface area contributed by atoms with Gasteiger partial charge < -0.3 is 10.6 Å². The van der Waals surface area contributed by atoms with E-state index in [-0.39, 0.29) is 36.0 Å². The zero-order valence-corrected chi connectivity index (χ0v) is 10.4. The van der Waals surface area contributed by atoms with Crippen LogP contribution in [0.5, 0.6) is 0 Å². The third-order valence-electron chi connectivity index (χ3n) is 1.81. The summed E-state index contributed by atoms with van der Waals surface area (Å²) in [5, 5.41) is 5.37. The van der Waals surface area contributed by atoms with Crippen LogP contribution in [0.1, 0.15) is 20.3 Å². The summed E-state index contributed by atoms with van der Waals surface area (Å²) in [6.45, 7) is 4.02. The van der Waals surface area contributed by atoms with Crippen molar-refractivity contribution in [3.63, 3.8) is 0 Å². The molecule has 94 valence electrons. The van der Waals surface area contributed by atoms with Crippen molar-refractivity contribution in [1.82, 2.24) is 15.3 Å². The maximum atomic E-state index is 13.2. The van der Waals surface area contributed by atoms with Crippen LogP contribution in [0.2, 0.25) is 5.28 Å². The Hall–Kier alpha value is -1.43. The van der Waals surface area contributed by atoms with Gasteiger partial charge in [0.25, 0.3) is 0 Å². The van der Waals surface area contributed by atoms with Gasteiger partial charge in [-0.15, -0.1) is 0 Å². The van der Waals surface area contributed by atoms with Crippen LogP contribution in [-0.2, 0) is 4.79 Å². The maximum Gasteiger partial charge on any atom is 0.224 e. The fraction of sp³-hybridized carbons (Fsp3) is 0.500. The number of nitrogens with zero attached hydrogens (tertiary/aromatic N) is 2. The molecule has 1 amide bonds. The van der Waals surface area contributed by atoms with Gasteiger partial charge in [-0.3, -0.25) is 4.79 Å². The molecule has 0 aliphatic carbocycles. The largest absolute Gasteiger partial charge is 0.367 e. The molecule has 0 radical (unpaired) electrons. The number of aromatic nitrogens is 2. The summed E-state index contributed by atoms with van der Waals surface area (Å²) in [5.41, 5.74) is 0. The third kappa shape index (κ3) is 4.95. The van der Waals surface area contributed by atoms with E-state index in [4.69, 9.17) is 11.6 Å².